The van der Waals surface area contributed by atoms with Crippen LogP contribution in [0, 0.1) is 0 Å². The largest absolute Gasteiger partial charge is 0.409 e. The van der Waals surface area contributed by atoms with E-state index < -0.39 is 0 Å². The minimum Gasteiger partial charge on any atom is -0.409 e. The molecular formula is C13H21N5O. The van der Waals surface area contributed by atoms with Crippen LogP contribution in [0.25, 0.3) is 0 Å². The van der Waals surface area contributed by atoms with E-state index in [4.69, 9.17) is 10.9 Å². The van der Waals surface area contributed by atoms with Gasteiger partial charge < -0.3 is 20.7 Å². The average Bonchev–Trinajstić information content (AvgIpc) is 2.83. The van der Waals surface area contributed by atoms with Crippen LogP contribution in [0.1, 0.15) is 18.5 Å². The number of likely N-dealkylation sites (N-methyl/N-ethyl adjacent to an activating group) is 2. The minimum atomic E-state index is 0.0354. The Labute approximate surface area is 113 Å². The van der Waals surface area contributed by atoms with Crippen molar-refractivity contribution in [1.82, 2.24) is 9.88 Å². The molecule has 2 heterocycles. The molecule has 0 aromatic carbocycles. The van der Waals surface area contributed by atoms with Crippen LogP contribution < -0.4 is 10.6 Å². The van der Waals surface area contributed by atoms with Crippen LogP contribution in [0.2, 0.25) is 0 Å². The van der Waals surface area contributed by atoms with Gasteiger partial charge in [-0.15, -0.1) is 0 Å². The zero-order valence-corrected chi connectivity index (χ0v) is 11.5. The monoisotopic (exact) mass is 263 g/mol. The lowest BCUT2D eigenvalue weighted by atomic mass is 10.2. The molecule has 1 aromatic heterocycles. The topological polar surface area (TPSA) is 78.0 Å². The maximum absolute atomic E-state index is 8.68. The highest BCUT2D eigenvalue weighted by Gasteiger charge is 2.22. The van der Waals surface area contributed by atoms with E-state index in [-0.39, 0.29) is 5.84 Å². The molecule has 6 heteroatoms. The molecule has 2 rings (SSSR count). The van der Waals surface area contributed by atoms with Crippen molar-refractivity contribution in [3.8, 4) is 0 Å². The quantitative estimate of drug-likeness (QED) is 0.362. The molecule has 3 N–H and O–H groups in total. The second-order valence-electron chi connectivity index (χ2n) is 5.02. The first-order chi connectivity index (χ1) is 9.11. The Hall–Kier alpha value is -1.82. The normalized spacial score (nSPS) is 20.7. The molecule has 19 heavy (non-hydrogen) atoms. The zero-order valence-electron chi connectivity index (χ0n) is 11.5. The van der Waals surface area contributed by atoms with Crippen LogP contribution in [-0.4, -0.2) is 54.2 Å². The smallest absolute Gasteiger partial charge is 0.188 e. The van der Waals surface area contributed by atoms with Gasteiger partial charge in [0.25, 0.3) is 0 Å². The van der Waals surface area contributed by atoms with Gasteiger partial charge in [-0.2, -0.15) is 0 Å². The van der Waals surface area contributed by atoms with Crippen LogP contribution in [0.3, 0.4) is 0 Å². The van der Waals surface area contributed by atoms with Gasteiger partial charge in [-0.25, -0.2) is 4.98 Å². The number of likely N-dealkylation sites (tertiary alicyclic amines) is 1. The third kappa shape index (κ3) is 3.14. The molecule has 0 radical (unpaired) electrons. The second-order valence-corrected chi connectivity index (χ2v) is 5.02. The lowest BCUT2D eigenvalue weighted by Crippen LogP contribution is -2.37. The number of amidine groups is 1. The first-order valence-corrected chi connectivity index (χ1v) is 6.48. The molecule has 0 amide bonds. The van der Waals surface area contributed by atoms with Crippen molar-refractivity contribution in [2.24, 2.45) is 10.9 Å². The molecule has 104 valence electrons. The summed E-state index contributed by atoms with van der Waals surface area (Å²) in [5.41, 5.74) is 6.05. The van der Waals surface area contributed by atoms with E-state index in [1.54, 1.807) is 6.07 Å². The van der Waals surface area contributed by atoms with E-state index in [0.29, 0.717) is 11.7 Å². The Kier molecular flexibility index (Phi) is 4.21. The molecule has 0 bridgehead atoms. The Balaban J connectivity index is 2.08. The number of nitrogens with zero attached hydrogens (tertiary/aromatic N) is 4. The molecule has 1 fully saturated rings. The summed E-state index contributed by atoms with van der Waals surface area (Å²) in [6, 6.07) is 6.10. The van der Waals surface area contributed by atoms with Gasteiger partial charge in [-0.3, -0.25) is 0 Å². The standard InChI is InChI=1S/C13H21N5O/c1-17-8-4-5-10(17)9-18(2)12-7-3-6-11(15-12)13(14)16-19/h3,6-7,10,19H,4-5,8-9H2,1-2H3,(H2,14,16). The average molecular weight is 263 g/mol. The fourth-order valence-corrected chi connectivity index (χ4v) is 2.45. The van der Waals surface area contributed by atoms with Crippen molar-refractivity contribution in [2.45, 2.75) is 18.9 Å². The number of nitrogens with two attached hydrogens (primary N) is 1. The lowest BCUT2D eigenvalue weighted by molar-refractivity contribution is 0.314. The summed E-state index contributed by atoms with van der Waals surface area (Å²) in [5, 5.41) is 11.7. The van der Waals surface area contributed by atoms with Gasteiger partial charge in [0.2, 0.25) is 0 Å². The summed E-state index contributed by atoms with van der Waals surface area (Å²) >= 11 is 0. The molecule has 1 atom stereocenters. The van der Waals surface area contributed by atoms with Gasteiger partial charge >= 0.3 is 0 Å². The van der Waals surface area contributed by atoms with E-state index in [2.05, 4.69) is 27.0 Å². The molecule has 6 nitrogen and oxygen atoms in total. The van der Waals surface area contributed by atoms with Crippen molar-refractivity contribution >= 4 is 11.7 Å². The van der Waals surface area contributed by atoms with E-state index in [0.717, 1.165) is 18.9 Å². The SMILES string of the molecule is CN(CC1CCCN1C)c1cccc(C(N)=NO)n1. The van der Waals surface area contributed by atoms with Crippen LogP contribution in [0.15, 0.2) is 23.4 Å². The highest BCUT2D eigenvalue weighted by Crippen LogP contribution is 2.18. The molecule has 1 aromatic rings. The number of hydrogen-bond acceptors (Lipinski definition) is 5. The number of pyridine rings is 1. The first kappa shape index (κ1) is 13.6. The van der Waals surface area contributed by atoms with E-state index in [9.17, 15) is 0 Å². The van der Waals surface area contributed by atoms with E-state index in [1.165, 1.54) is 12.8 Å². The summed E-state index contributed by atoms with van der Waals surface area (Å²) in [5.74, 6) is 0.873. The number of hydrogen-bond donors (Lipinski definition) is 2. The number of oxime groups is 1. The maximum atomic E-state index is 8.68. The molecule has 0 spiro atoms. The lowest BCUT2D eigenvalue weighted by Gasteiger charge is -2.26. The predicted molar refractivity (Wildman–Crippen MR) is 75.7 cm³/mol. The van der Waals surface area contributed by atoms with Crippen molar-refractivity contribution in [2.75, 3.05) is 32.1 Å². The van der Waals surface area contributed by atoms with Crippen LogP contribution in [-0.2, 0) is 0 Å². The molecule has 0 saturated carbocycles. The summed E-state index contributed by atoms with van der Waals surface area (Å²) in [6.45, 7) is 2.10. The van der Waals surface area contributed by atoms with Crippen molar-refractivity contribution < 1.29 is 5.21 Å². The van der Waals surface area contributed by atoms with Crippen molar-refractivity contribution in [3.63, 3.8) is 0 Å². The van der Waals surface area contributed by atoms with Gasteiger partial charge in [0.05, 0.1) is 0 Å². The minimum absolute atomic E-state index is 0.0354. The van der Waals surface area contributed by atoms with Crippen LogP contribution in [0.4, 0.5) is 5.82 Å². The van der Waals surface area contributed by atoms with Gasteiger partial charge in [-0.1, -0.05) is 11.2 Å². The van der Waals surface area contributed by atoms with Crippen molar-refractivity contribution in [3.05, 3.63) is 23.9 Å². The molecular weight excluding hydrogens is 242 g/mol. The van der Waals surface area contributed by atoms with Gasteiger partial charge in [0.1, 0.15) is 11.5 Å². The van der Waals surface area contributed by atoms with Gasteiger partial charge in [0, 0.05) is 19.6 Å². The Bertz CT molecular complexity index is 462. The molecule has 0 aliphatic carbocycles. The zero-order chi connectivity index (χ0) is 13.8. The first-order valence-electron chi connectivity index (χ1n) is 6.48. The Morgan fingerprint density at radius 1 is 1.63 bits per heavy atom. The number of rotatable bonds is 4. The Morgan fingerprint density at radius 2 is 2.42 bits per heavy atom. The summed E-state index contributed by atoms with van der Waals surface area (Å²) in [4.78, 5) is 8.89. The number of aromatic nitrogens is 1. The fraction of sp³-hybridized carbons (Fsp3) is 0.538. The highest BCUT2D eigenvalue weighted by molar-refractivity contribution is 5.95. The van der Waals surface area contributed by atoms with Crippen LogP contribution >= 0.6 is 0 Å². The highest BCUT2D eigenvalue weighted by atomic mass is 16.4. The third-order valence-electron chi connectivity index (χ3n) is 3.65. The third-order valence-corrected chi connectivity index (χ3v) is 3.65. The van der Waals surface area contributed by atoms with E-state index in [1.807, 2.05) is 19.2 Å². The summed E-state index contributed by atoms with van der Waals surface area (Å²) < 4.78 is 0. The molecule has 1 aliphatic heterocycles. The molecule has 1 aliphatic rings. The maximum Gasteiger partial charge on any atom is 0.188 e. The van der Waals surface area contributed by atoms with Crippen LogP contribution in [0.5, 0.6) is 0 Å². The van der Waals surface area contributed by atoms with Crippen molar-refractivity contribution in [1.29, 1.82) is 0 Å². The van der Waals surface area contributed by atoms with Gasteiger partial charge in [0.15, 0.2) is 5.84 Å². The molecule has 1 unspecified atom stereocenters. The predicted octanol–water partition coefficient (Wildman–Crippen LogP) is 0.707. The summed E-state index contributed by atoms with van der Waals surface area (Å²) in [6.07, 6.45) is 2.48. The second kappa shape index (κ2) is 5.88. The fourth-order valence-electron chi connectivity index (χ4n) is 2.45. The summed E-state index contributed by atoms with van der Waals surface area (Å²) in [7, 11) is 4.18. The number of anilines is 1. The van der Waals surface area contributed by atoms with Gasteiger partial charge in [-0.05, 0) is 38.6 Å². The Morgan fingerprint density at radius 3 is 3.05 bits per heavy atom. The molecule has 1 saturated heterocycles. The van der Waals surface area contributed by atoms with E-state index >= 15 is 0 Å².